The summed E-state index contributed by atoms with van der Waals surface area (Å²) >= 11 is 0. The molecule has 0 unspecified atom stereocenters. The molecule has 0 saturated carbocycles. The van der Waals surface area contributed by atoms with Crippen molar-refractivity contribution in [3.05, 3.63) is 0 Å². The van der Waals surface area contributed by atoms with Crippen LogP contribution in [0, 0.1) is 0 Å². The second kappa shape index (κ2) is 53.1. The van der Waals surface area contributed by atoms with E-state index in [9.17, 15) is 14.4 Å². The predicted octanol–water partition coefficient (Wildman–Crippen LogP) is 6.77. The predicted molar refractivity (Wildman–Crippen MR) is 148 cm³/mol. The van der Waals surface area contributed by atoms with Gasteiger partial charge in [0.15, 0.2) is 0 Å². The molecule has 0 heterocycles. The number of carbonyl (C=O) groups is 3. The Morgan fingerprint density at radius 1 is 0.559 bits per heavy atom. The molecule has 0 aromatic heterocycles. The number of Topliss-reactive ketones (excluding diaryl/α,β-unsaturated/α-hetero) is 1. The van der Waals surface area contributed by atoms with E-state index in [-0.39, 0.29) is 62.3 Å². The lowest BCUT2D eigenvalue weighted by molar-refractivity contribution is -0.142. The maximum Gasteiger partial charge on any atom is 0.302 e. The van der Waals surface area contributed by atoms with Gasteiger partial charge in [-0.25, -0.2) is 0 Å². The fraction of sp³-hybridized carbons (Fsp3) is 0.885. The van der Waals surface area contributed by atoms with Crippen LogP contribution in [0.1, 0.15) is 104 Å². The van der Waals surface area contributed by atoms with E-state index in [0.717, 1.165) is 38.7 Å². The molecular formula is C26H64O8. The number of esters is 2. The molecular weight excluding hydrogens is 440 g/mol. The van der Waals surface area contributed by atoms with Gasteiger partial charge in [-0.05, 0) is 26.7 Å². The minimum Gasteiger partial charge on any atom is -0.466 e. The summed E-state index contributed by atoms with van der Waals surface area (Å²) in [4.78, 5) is 30.7. The van der Waals surface area contributed by atoms with Gasteiger partial charge >= 0.3 is 11.9 Å². The molecule has 0 rings (SSSR count). The summed E-state index contributed by atoms with van der Waals surface area (Å²) in [6, 6.07) is 0. The molecule has 0 saturated heterocycles. The second-order valence-corrected chi connectivity index (χ2v) is 5.73. The van der Waals surface area contributed by atoms with E-state index in [1.54, 1.807) is 21.1 Å². The first-order valence-electron chi connectivity index (χ1n) is 9.63. The molecule has 0 aliphatic carbocycles. The van der Waals surface area contributed by atoms with Gasteiger partial charge in [-0.2, -0.15) is 0 Å². The molecule has 0 aromatic rings. The number of ketones is 1. The van der Waals surface area contributed by atoms with Gasteiger partial charge < -0.3 is 28.5 Å². The molecule has 0 spiro atoms. The Balaban J connectivity index is -0.0000000362. The maximum absolute atomic E-state index is 10.4. The smallest absolute Gasteiger partial charge is 0.302 e. The van der Waals surface area contributed by atoms with Gasteiger partial charge in [-0.3, -0.25) is 9.59 Å². The Morgan fingerprint density at radius 3 is 1.38 bits per heavy atom. The van der Waals surface area contributed by atoms with Crippen LogP contribution >= 0.6 is 0 Å². The normalized spacial score (nSPS) is 7.71. The highest BCUT2D eigenvalue weighted by molar-refractivity contribution is 5.75. The zero-order valence-corrected chi connectivity index (χ0v) is 18.5. The summed E-state index contributed by atoms with van der Waals surface area (Å²) in [6.07, 6.45) is 4.69. The van der Waals surface area contributed by atoms with Gasteiger partial charge in [0.25, 0.3) is 0 Å². The van der Waals surface area contributed by atoms with Gasteiger partial charge in [0.05, 0.1) is 13.2 Å². The van der Waals surface area contributed by atoms with Crippen LogP contribution in [0.2, 0.25) is 0 Å². The average molecular weight is 505 g/mol. The van der Waals surface area contributed by atoms with Gasteiger partial charge in [0.1, 0.15) is 12.4 Å². The quantitative estimate of drug-likeness (QED) is 0.189. The summed E-state index contributed by atoms with van der Waals surface area (Å²) in [5.74, 6) is -0.196. The monoisotopic (exact) mass is 504 g/mol. The zero-order chi connectivity index (χ0) is 22.0. The summed E-state index contributed by atoms with van der Waals surface area (Å²) in [5, 5.41) is 0. The lowest BCUT2D eigenvalue weighted by Crippen LogP contribution is -2.06. The van der Waals surface area contributed by atoms with Crippen molar-refractivity contribution >= 4 is 17.7 Å². The lowest BCUT2D eigenvalue weighted by atomic mass is 10.1. The molecule has 0 amide bonds. The van der Waals surface area contributed by atoms with E-state index in [2.05, 4.69) is 9.47 Å². The van der Waals surface area contributed by atoms with Crippen LogP contribution in [-0.4, -0.2) is 71.6 Å². The minimum atomic E-state index is -0.255. The van der Waals surface area contributed by atoms with E-state index in [4.69, 9.17) is 14.2 Å². The van der Waals surface area contributed by atoms with Gasteiger partial charge in [0, 0.05) is 60.7 Å². The van der Waals surface area contributed by atoms with Crippen molar-refractivity contribution in [3.8, 4) is 0 Å². The van der Waals surface area contributed by atoms with Gasteiger partial charge in [0.2, 0.25) is 0 Å². The Labute approximate surface area is 214 Å². The van der Waals surface area contributed by atoms with Crippen molar-refractivity contribution in [1.29, 1.82) is 0 Å². The van der Waals surface area contributed by atoms with E-state index in [1.807, 2.05) is 6.92 Å². The highest BCUT2D eigenvalue weighted by Gasteiger charge is 1.92. The first-order chi connectivity index (χ1) is 13.3. The standard InChI is InChI=1S/C8H16O2.2C6H12O3.6CH4/c1-8(9)6-4-3-5-7-10-2;1-6(7)9-5-3-4-8-2;1-3-8-4-5-9-6(2)7;;;;;;/h3-7H2,1-2H3;2*3-5H2,1-2H3;6*1H4. The van der Waals surface area contributed by atoms with Gasteiger partial charge in [-0.15, -0.1) is 0 Å². The van der Waals surface area contributed by atoms with E-state index in [0.29, 0.717) is 33.0 Å². The molecule has 0 aliphatic rings. The molecule has 8 nitrogen and oxygen atoms in total. The summed E-state index contributed by atoms with van der Waals surface area (Å²) in [7, 11) is 3.32. The van der Waals surface area contributed by atoms with Crippen molar-refractivity contribution in [1.82, 2.24) is 0 Å². The van der Waals surface area contributed by atoms with Crippen molar-refractivity contribution in [3.63, 3.8) is 0 Å². The van der Waals surface area contributed by atoms with Crippen molar-refractivity contribution in [2.75, 3.05) is 53.9 Å². The van der Waals surface area contributed by atoms with Crippen LogP contribution in [0.3, 0.4) is 0 Å². The topological polar surface area (TPSA) is 97.4 Å². The third-order valence-electron chi connectivity index (χ3n) is 2.91. The van der Waals surface area contributed by atoms with E-state index in [1.165, 1.54) is 13.8 Å². The molecule has 0 N–H and O–H groups in total. The van der Waals surface area contributed by atoms with Crippen molar-refractivity contribution in [2.24, 2.45) is 0 Å². The van der Waals surface area contributed by atoms with Crippen molar-refractivity contribution < 1.29 is 38.1 Å². The average Bonchev–Trinajstić information content (AvgIpc) is 2.63. The van der Waals surface area contributed by atoms with Crippen molar-refractivity contribution in [2.45, 2.75) is 104 Å². The minimum absolute atomic E-state index is 0. The first kappa shape index (κ1) is 58.4. The third-order valence-corrected chi connectivity index (χ3v) is 2.91. The number of ether oxygens (including phenoxy) is 5. The number of methoxy groups -OCH3 is 2. The fourth-order valence-electron chi connectivity index (χ4n) is 1.60. The molecule has 0 aromatic carbocycles. The lowest BCUT2D eigenvalue weighted by Gasteiger charge is -1.99. The molecule has 34 heavy (non-hydrogen) atoms. The Kier molecular flexibility index (Phi) is 91.1. The maximum atomic E-state index is 10.4. The Bertz CT molecular complexity index is 339. The number of hydrogen-bond donors (Lipinski definition) is 0. The molecule has 8 heteroatoms. The molecule has 0 atom stereocenters. The van der Waals surface area contributed by atoms with E-state index >= 15 is 0 Å². The summed E-state index contributed by atoms with van der Waals surface area (Å²) in [6.45, 7) is 9.76. The van der Waals surface area contributed by atoms with Crippen LogP contribution in [0.25, 0.3) is 0 Å². The third kappa shape index (κ3) is 86.7. The number of carbonyl (C=O) groups excluding carboxylic acids is 3. The molecule has 0 fully saturated rings. The van der Waals surface area contributed by atoms with Gasteiger partial charge in [-0.1, -0.05) is 51.0 Å². The fourth-order valence-corrected chi connectivity index (χ4v) is 1.60. The molecule has 0 bridgehead atoms. The highest BCUT2D eigenvalue weighted by Crippen LogP contribution is 1.99. The Morgan fingerprint density at radius 2 is 1.00 bits per heavy atom. The number of hydrogen-bond acceptors (Lipinski definition) is 8. The second-order valence-electron chi connectivity index (χ2n) is 5.73. The largest absolute Gasteiger partial charge is 0.466 e. The molecule has 0 radical (unpaired) electrons. The Hall–Kier alpha value is -1.51. The van der Waals surface area contributed by atoms with Crippen LogP contribution in [0.5, 0.6) is 0 Å². The highest BCUT2D eigenvalue weighted by atomic mass is 16.6. The molecule has 0 aliphatic heterocycles. The summed E-state index contributed by atoms with van der Waals surface area (Å²) in [5.41, 5.74) is 0. The number of unbranched alkanes of at least 4 members (excludes halogenated alkanes) is 2. The first-order valence-corrected chi connectivity index (χ1v) is 9.63. The van der Waals surface area contributed by atoms with Crippen LogP contribution in [-0.2, 0) is 38.1 Å². The SMILES string of the molecule is C.C.C.C.C.C.CCOCCOC(C)=O.COCCCCCC(C)=O.COCCCOC(C)=O. The van der Waals surface area contributed by atoms with Crippen LogP contribution < -0.4 is 0 Å². The van der Waals surface area contributed by atoms with E-state index < -0.39 is 0 Å². The van der Waals surface area contributed by atoms with Crippen LogP contribution in [0.4, 0.5) is 0 Å². The zero-order valence-electron chi connectivity index (χ0n) is 18.5. The van der Waals surface area contributed by atoms with Crippen LogP contribution in [0.15, 0.2) is 0 Å². The molecule has 216 valence electrons. The number of rotatable bonds is 14. The summed E-state index contributed by atoms with van der Waals surface area (Å²) < 4.78 is 23.7.